The van der Waals surface area contributed by atoms with E-state index in [1.54, 1.807) is 6.34 Å². The molecular formula is C22H21ClN4. The first kappa shape index (κ1) is 16.7. The van der Waals surface area contributed by atoms with Crippen LogP contribution in [0.2, 0.25) is 0 Å². The fourth-order valence-electron chi connectivity index (χ4n) is 4.12. The highest BCUT2D eigenvalue weighted by atomic mass is 35.5. The number of alkyl halides is 1. The van der Waals surface area contributed by atoms with Crippen molar-refractivity contribution in [3.63, 3.8) is 0 Å². The number of halogens is 1. The summed E-state index contributed by atoms with van der Waals surface area (Å²) < 4.78 is 0. The van der Waals surface area contributed by atoms with Gasteiger partial charge in [0.15, 0.2) is 0 Å². The second-order valence-corrected chi connectivity index (χ2v) is 7.61. The van der Waals surface area contributed by atoms with Crippen LogP contribution in [-0.4, -0.2) is 28.6 Å². The molecule has 0 radical (unpaired) electrons. The third kappa shape index (κ3) is 3.09. The molecule has 2 unspecified atom stereocenters. The van der Waals surface area contributed by atoms with Gasteiger partial charge in [-0.1, -0.05) is 48.6 Å². The molecule has 2 atom stereocenters. The van der Waals surface area contributed by atoms with Crippen LogP contribution in [0, 0.1) is 0 Å². The van der Waals surface area contributed by atoms with Crippen molar-refractivity contribution in [1.29, 1.82) is 0 Å². The standard InChI is InChI=1S/C22H21ClN4/c23-21-20-16(13-17(26-21)11-9-15-5-2-1-3-6-15)10-12-18-7-4-8-19-24-14-25-22(20)27(18)19/h1-3,5-6,9-12,14,17,21,26H,4,7-8,13H2. The van der Waals surface area contributed by atoms with Gasteiger partial charge >= 0.3 is 0 Å². The molecular weight excluding hydrogens is 356 g/mol. The summed E-state index contributed by atoms with van der Waals surface area (Å²) in [7, 11) is 0. The maximum absolute atomic E-state index is 6.81. The number of hydrogen-bond donors (Lipinski definition) is 1. The van der Waals surface area contributed by atoms with Crippen LogP contribution < -0.4 is 5.32 Å². The Hall–Kier alpha value is -2.43. The van der Waals surface area contributed by atoms with Crippen LogP contribution in [0.1, 0.15) is 31.2 Å². The van der Waals surface area contributed by atoms with Crippen LogP contribution in [0.15, 0.2) is 81.2 Å². The topological polar surface area (TPSA) is 40.0 Å². The number of rotatable bonds is 2. The minimum atomic E-state index is -0.281. The molecule has 5 heteroatoms. The SMILES string of the molecule is ClC1NC(C=Cc2ccccc2)CC2=CC=C3CCCC4=NC=NC(=C21)N34. The van der Waals surface area contributed by atoms with E-state index in [9.17, 15) is 0 Å². The molecule has 0 saturated carbocycles. The van der Waals surface area contributed by atoms with Gasteiger partial charge in [0.1, 0.15) is 23.5 Å². The normalized spacial score (nSPS) is 26.9. The molecule has 0 aliphatic carbocycles. The molecule has 1 aromatic rings. The summed E-state index contributed by atoms with van der Waals surface area (Å²) in [5, 5.41) is 3.53. The van der Waals surface area contributed by atoms with Crippen molar-refractivity contribution < 1.29 is 0 Å². The lowest BCUT2D eigenvalue weighted by atomic mass is 9.92. The highest BCUT2D eigenvalue weighted by Crippen LogP contribution is 2.39. The van der Waals surface area contributed by atoms with E-state index in [1.807, 2.05) is 6.07 Å². The van der Waals surface area contributed by atoms with Gasteiger partial charge in [0.05, 0.1) is 0 Å². The number of allylic oxidation sites excluding steroid dienone is 3. The minimum Gasteiger partial charge on any atom is -0.291 e. The van der Waals surface area contributed by atoms with Crippen molar-refractivity contribution in [3.05, 3.63) is 76.8 Å². The molecule has 4 aliphatic heterocycles. The molecule has 27 heavy (non-hydrogen) atoms. The van der Waals surface area contributed by atoms with Crippen LogP contribution in [0.5, 0.6) is 0 Å². The van der Waals surface area contributed by atoms with Crippen molar-refractivity contribution in [2.24, 2.45) is 9.98 Å². The second kappa shape index (κ2) is 6.95. The number of nitrogens with zero attached hydrogens (tertiary/aromatic N) is 3. The summed E-state index contributed by atoms with van der Waals surface area (Å²) in [6.45, 7) is 0. The van der Waals surface area contributed by atoms with Crippen molar-refractivity contribution in [2.45, 2.75) is 37.2 Å². The lowest BCUT2D eigenvalue weighted by Gasteiger charge is -2.37. The monoisotopic (exact) mass is 376 g/mol. The summed E-state index contributed by atoms with van der Waals surface area (Å²) in [5.41, 5.74) is 4.52. The molecule has 1 N–H and O–H groups in total. The van der Waals surface area contributed by atoms with Gasteiger partial charge in [-0.25, -0.2) is 9.98 Å². The zero-order valence-electron chi connectivity index (χ0n) is 15.0. The highest BCUT2D eigenvalue weighted by molar-refractivity contribution is 6.22. The molecule has 136 valence electrons. The third-order valence-electron chi connectivity index (χ3n) is 5.42. The Morgan fingerprint density at radius 1 is 1.15 bits per heavy atom. The molecule has 0 amide bonds. The predicted molar refractivity (Wildman–Crippen MR) is 111 cm³/mol. The molecule has 4 heterocycles. The van der Waals surface area contributed by atoms with E-state index in [0.29, 0.717) is 0 Å². The Morgan fingerprint density at radius 3 is 2.93 bits per heavy atom. The Kier molecular flexibility index (Phi) is 4.30. The molecule has 2 saturated heterocycles. The zero-order valence-corrected chi connectivity index (χ0v) is 15.7. The smallest absolute Gasteiger partial charge is 0.146 e. The summed E-state index contributed by atoms with van der Waals surface area (Å²) in [5.74, 6) is 2.02. The zero-order chi connectivity index (χ0) is 18.2. The second-order valence-electron chi connectivity index (χ2n) is 7.18. The quantitative estimate of drug-likeness (QED) is 0.605. The number of nitrogens with one attached hydrogen (secondary N) is 1. The molecule has 1 aromatic carbocycles. The minimum absolute atomic E-state index is 0.192. The van der Waals surface area contributed by atoms with E-state index in [0.717, 1.165) is 42.9 Å². The van der Waals surface area contributed by atoms with Crippen molar-refractivity contribution >= 4 is 29.9 Å². The maximum atomic E-state index is 6.81. The van der Waals surface area contributed by atoms with E-state index < -0.39 is 0 Å². The third-order valence-corrected chi connectivity index (χ3v) is 5.76. The first-order valence-corrected chi connectivity index (χ1v) is 9.90. The van der Waals surface area contributed by atoms with Crippen molar-refractivity contribution in [3.8, 4) is 0 Å². The average Bonchev–Trinajstić information content (AvgIpc) is 2.87. The number of aliphatic imine (C=N–C) groups is 2. The summed E-state index contributed by atoms with van der Waals surface area (Å²) >= 11 is 6.81. The molecule has 0 bridgehead atoms. The van der Waals surface area contributed by atoms with Crippen molar-refractivity contribution in [2.75, 3.05) is 0 Å². The first-order valence-electron chi connectivity index (χ1n) is 9.46. The van der Waals surface area contributed by atoms with Crippen LogP contribution in [0.3, 0.4) is 0 Å². The number of fused-ring (bicyclic) bond motifs is 1. The molecule has 0 aromatic heterocycles. The van der Waals surface area contributed by atoms with E-state index in [1.165, 1.54) is 16.8 Å². The number of piperidine rings is 2. The lowest BCUT2D eigenvalue weighted by molar-refractivity contribution is 0.497. The van der Waals surface area contributed by atoms with Crippen LogP contribution >= 0.6 is 11.6 Å². The summed E-state index contributed by atoms with van der Waals surface area (Å²) in [4.78, 5) is 11.3. The lowest BCUT2D eigenvalue weighted by Crippen LogP contribution is -2.43. The van der Waals surface area contributed by atoms with Gasteiger partial charge in [-0.15, -0.1) is 11.6 Å². The van der Waals surface area contributed by atoms with Gasteiger partial charge in [0.25, 0.3) is 0 Å². The Labute approximate surface area is 164 Å². The number of hydrogen-bond acceptors (Lipinski definition) is 4. The van der Waals surface area contributed by atoms with Gasteiger partial charge in [-0.05, 0) is 36.5 Å². The van der Waals surface area contributed by atoms with Gasteiger partial charge in [-0.3, -0.25) is 10.2 Å². The van der Waals surface area contributed by atoms with Crippen LogP contribution in [0.4, 0.5) is 0 Å². The van der Waals surface area contributed by atoms with E-state index in [2.05, 4.69) is 68.8 Å². The Morgan fingerprint density at radius 2 is 2.04 bits per heavy atom. The number of benzene rings is 1. The Bertz CT molecular complexity index is 936. The maximum Gasteiger partial charge on any atom is 0.146 e. The Balaban J connectivity index is 1.48. The highest BCUT2D eigenvalue weighted by Gasteiger charge is 2.36. The van der Waals surface area contributed by atoms with Gasteiger partial charge in [0, 0.05) is 23.7 Å². The van der Waals surface area contributed by atoms with E-state index in [-0.39, 0.29) is 11.5 Å². The van der Waals surface area contributed by atoms with Crippen LogP contribution in [0.25, 0.3) is 6.08 Å². The molecule has 4 aliphatic rings. The summed E-state index contributed by atoms with van der Waals surface area (Å²) in [6, 6.07) is 10.5. The molecule has 4 nitrogen and oxygen atoms in total. The van der Waals surface area contributed by atoms with Crippen LogP contribution in [-0.2, 0) is 0 Å². The largest absolute Gasteiger partial charge is 0.291 e. The van der Waals surface area contributed by atoms with Gasteiger partial charge < -0.3 is 0 Å². The van der Waals surface area contributed by atoms with Crippen molar-refractivity contribution in [1.82, 2.24) is 10.2 Å². The molecule has 5 rings (SSSR count). The van der Waals surface area contributed by atoms with Gasteiger partial charge in [0.2, 0.25) is 0 Å². The average molecular weight is 377 g/mol. The van der Waals surface area contributed by atoms with Gasteiger partial charge in [-0.2, -0.15) is 0 Å². The van der Waals surface area contributed by atoms with E-state index >= 15 is 0 Å². The fourth-order valence-corrected chi connectivity index (χ4v) is 4.52. The molecule has 2 fully saturated rings. The fraction of sp³-hybridized carbons (Fsp3) is 0.273. The molecule has 0 spiro atoms. The number of amidine groups is 1. The first-order chi connectivity index (χ1) is 13.3. The van der Waals surface area contributed by atoms with E-state index in [4.69, 9.17) is 11.6 Å². The predicted octanol–water partition coefficient (Wildman–Crippen LogP) is 4.59. The summed E-state index contributed by atoms with van der Waals surface area (Å²) in [6.07, 6.45) is 14.5.